The lowest BCUT2D eigenvalue weighted by Crippen LogP contribution is -2.03. The maximum absolute atomic E-state index is 5.90. The van der Waals surface area contributed by atoms with E-state index in [4.69, 9.17) is 5.73 Å². The van der Waals surface area contributed by atoms with Crippen LogP contribution in [0, 0.1) is 0 Å². The molecule has 0 fully saturated rings. The minimum atomic E-state index is 0.564. The van der Waals surface area contributed by atoms with Gasteiger partial charge in [0.15, 0.2) is 0 Å². The maximum Gasteiger partial charge on any atom is 0.147 e. The predicted molar refractivity (Wildman–Crippen MR) is 76.6 cm³/mol. The smallest absolute Gasteiger partial charge is 0.147 e. The van der Waals surface area contributed by atoms with E-state index in [2.05, 4.69) is 20.9 Å². The summed E-state index contributed by atoms with van der Waals surface area (Å²) in [5, 5.41) is 4.38. The van der Waals surface area contributed by atoms with Crippen LogP contribution in [-0.2, 0) is 0 Å². The molecule has 0 bridgehead atoms. The van der Waals surface area contributed by atoms with E-state index in [1.807, 2.05) is 23.9 Å². The molecule has 0 spiro atoms. The molecule has 0 radical (unpaired) electrons. The van der Waals surface area contributed by atoms with Crippen LogP contribution >= 0.6 is 23.3 Å². The molecular formula is C11H14N4S2. The van der Waals surface area contributed by atoms with Crippen molar-refractivity contribution in [2.75, 3.05) is 29.6 Å². The molecule has 4 nitrogen and oxygen atoms in total. The van der Waals surface area contributed by atoms with Crippen LogP contribution in [-0.4, -0.2) is 27.9 Å². The highest BCUT2D eigenvalue weighted by molar-refractivity contribution is 7.98. The molecule has 17 heavy (non-hydrogen) atoms. The fraction of sp³-hybridized carbons (Fsp3) is 0.273. The molecule has 0 atom stereocenters. The second-order valence-electron chi connectivity index (χ2n) is 3.43. The van der Waals surface area contributed by atoms with E-state index in [-0.39, 0.29) is 0 Å². The number of thioether (sulfide) groups is 1. The number of rotatable bonds is 5. The number of anilines is 2. The summed E-state index contributed by atoms with van der Waals surface area (Å²) in [7, 11) is 0. The van der Waals surface area contributed by atoms with Gasteiger partial charge in [0, 0.05) is 30.3 Å². The SMILES string of the molecule is CSCCNc1snc(N)c1-c1cccnc1. The fourth-order valence-electron chi connectivity index (χ4n) is 1.48. The normalized spacial score (nSPS) is 10.4. The molecule has 0 aliphatic rings. The average Bonchev–Trinajstić information content (AvgIpc) is 2.72. The van der Waals surface area contributed by atoms with Crippen LogP contribution in [0.4, 0.5) is 10.8 Å². The molecule has 2 rings (SSSR count). The fourth-order valence-corrected chi connectivity index (χ4v) is 2.55. The Morgan fingerprint density at radius 2 is 2.41 bits per heavy atom. The Morgan fingerprint density at radius 1 is 1.53 bits per heavy atom. The van der Waals surface area contributed by atoms with Crippen molar-refractivity contribution >= 4 is 34.1 Å². The largest absolute Gasteiger partial charge is 0.382 e. The molecule has 0 unspecified atom stereocenters. The van der Waals surface area contributed by atoms with Crippen LogP contribution in [0.2, 0.25) is 0 Å². The number of hydrogen-bond acceptors (Lipinski definition) is 6. The number of nitrogens with zero attached hydrogens (tertiary/aromatic N) is 2. The van der Waals surface area contributed by atoms with Crippen molar-refractivity contribution in [2.24, 2.45) is 0 Å². The molecule has 0 amide bonds. The van der Waals surface area contributed by atoms with Gasteiger partial charge >= 0.3 is 0 Å². The number of aromatic nitrogens is 2. The topological polar surface area (TPSA) is 63.8 Å². The van der Waals surface area contributed by atoms with Crippen LogP contribution in [0.15, 0.2) is 24.5 Å². The van der Waals surface area contributed by atoms with E-state index in [1.165, 1.54) is 11.5 Å². The molecule has 2 heterocycles. The van der Waals surface area contributed by atoms with Gasteiger partial charge < -0.3 is 11.1 Å². The lowest BCUT2D eigenvalue weighted by Gasteiger charge is -2.06. The van der Waals surface area contributed by atoms with Gasteiger partial charge in [0.05, 0.1) is 5.56 Å². The summed E-state index contributed by atoms with van der Waals surface area (Å²) < 4.78 is 4.19. The molecular weight excluding hydrogens is 252 g/mol. The van der Waals surface area contributed by atoms with Crippen LogP contribution in [0.1, 0.15) is 0 Å². The molecule has 2 aromatic heterocycles. The minimum absolute atomic E-state index is 0.564. The third kappa shape index (κ3) is 2.89. The quantitative estimate of drug-likeness (QED) is 0.814. The van der Waals surface area contributed by atoms with Crippen molar-refractivity contribution < 1.29 is 0 Å². The summed E-state index contributed by atoms with van der Waals surface area (Å²) in [4.78, 5) is 4.11. The third-order valence-electron chi connectivity index (χ3n) is 2.26. The van der Waals surface area contributed by atoms with Crippen LogP contribution in [0.25, 0.3) is 11.1 Å². The Morgan fingerprint density at radius 3 is 3.12 bits per heavy atom. The standard InChI is InChI=1S/C11H14N4S2/c1-16-6-5-14-11-9(10(12)15-17-11)8-3-2-4-13-7-8/h2-4,7,14H,5-6H2,1H3,(H2,12,15). The van der Waals surface area contributed by atoms with Crippen LogP contribution < -0.4 is 11.1 Å². The summed E-state index contributed by atoms with van der Waals surface area (Å²) in [5.74, 6) is 1.62. The zero-order valence-electron chi connectivity index (χ0n) is 9.51. The number of nitrogen functional groups attached to an aromatic ring is 1. The Labute approximate surface area is 109 Å². The Kier molecular flexibility index (Phi) is 4.22. The number of hydrogen-bond donors (Lipinski definition) is 2. The van der Waals surface area contributed by atoms with Crippen molar-refractivity contribution in [3.8, 4) is 11.1 Å². The molecule has 0 aliphatic carbocycles. The summed E-state index contributed by atoms with van der Waals surface area (Å²) in [5.41, 5.74) is 7.87. The van der Waals surface area contributed by atoms with E-state index >= 15 is 0 Å². The molecule has 0 saturated carbocycles. The molecule has 0 saturated heterocycles. The second kappa shape index (κ2) is 5.88. The lowest BCUT2D eigenvalue weighted by molar-refractivity contribution is 1.25. The van der Waals surface area contributed by atoms with Gasteiger partial charge in [0.25, 0.3) is 0 Å². The maximum atomic E-state index is 5.90. The van der Waals surface area contributed by atoms with Crippen LogP contribution in [0.5, 0.6) is 0 Å². The molecule has 90 valence electrons. The molecule has 2 aromatic rings. The summed E-state index contributed by atoms with van der Waals surface area (Å²) >= 11 is 3.21. The minimum Gasteiger partial charge on any atom is -0.382 e. The first-order valence-corrected chi connectivity index (χ1v) is 7.38. The van der Waals surface area contributed by atoms with Crippen molar-refractivity contribution in [1.29, 1.82) is 0 Å². The van der Waals surface area contributed by atoms with Crippen molar-refractivity contribution in [1.82, 2.24) is 9.36 Å². The first-order valence-electron chi connectivity index (χ1n) is 5.21. The Balaban J connectivity index is 2.24. The zero-order chi connectivity index (χ0) is 12.1. The van der Waals surface area contributed by atoms with Gasteiger partial charge in [0.2, 0.25) is 0 Å². The van der Waals surface area contributed by atoms with Gasteiger partial charge in [-0.15, -0.1) is 0 Å². The predicted octanol–water partition coefficient (Wildman–Crippen LogP) is 2.56. The number of nitrogens with one attached hydrogen (secondary N) is 1. The summed E-state index contributed by atoms with van der Waals surface area (Å²) in [6.07, 6.45) is 5.64. The number of nitrogens with two attached hydrogens (primary N) is 1. The highest BCUT2D eigenvalue weighted by Crippen LogP contribution is 2.36. The van der Waals surface area contributed by atoms with Crippen molar-refractivity contribution in [3.05, 3.63) is 24.5 Å². The Bertz CT molecular complexity index is 470. The van der Waals surface area contributed by atoms with Crippen molar-refractivity contribution in [2.45, 2.75) is 0 Å². The van der Waals surface area contributed by atoms with Crippen molar-refractivity contribution in [3.63, 3.8) is 0 Å². The van der Waals surface area contributed by atoms with Gasteiger partial charge in [-0.05, 0) is 23.9 Å². The number of pyridine rings is 1. The highest BCUT2D eigenvalue weighted by atomic mass is 32.2. The van der Waals surface area contributed by atoms with Gasteiger partial charge in [-0.2, -0.15) is 16.1 Å². The lowest BCUT2D eigenvalue weighted by atomic mass is 10.1. The monoisotopic (exact) mass is 266 g/mol. The molecule has 6 heteroatoms. The van der Waals surface area contributed by atoms with E-state index < -0.39 is 0 Å². The van der Waals surface area contributed by atoms with E-state index in [0.717, 1.165) is 28.4 Å². The van der Waals surface area contributed by atoms with E-state index in [1.54, 1.807) is 12.4 Å². The van der Waals surface area contributed by atoms with Gasteiger partial charge in [-0.1, -0.05) is 6.07 Å². The average molecular weight is 266 g/mol. The van der Waals surface area contributed by atoms with E-state index in [9.17, 15) is 0 Å². The molecule has 0 aromatic carbocycles. The third-order valence-corrected chi connectivity index (χ3v) is 3.69. The highest BCUT2D eigenvalue weighted by Gasteiger charge is 2.13. The zero-order valence-corrected chi connectivity index (χ0v) is 11.1. The second-order valence-corrected chi connectivity index (χ2v) is 5.19. The molecule has 0 aliphatic heterocycles. The van der Waals surface area contributed by atoms with Gasteiger partial charge in [-0.3, -0.25) is 4.98 Å². The molecule has 3 N–H and O–H groups in total. The first-order chi connectivity index (χ1) is 8.33. The Hall–Kier alpha value is -1.27. The van der Waals surface area contributed by atoms with Gasteiger partial charge in [-0.25, -0.2) is 0 Å². The van der Waals surface area contributed by atoms with E-state index in [0.29, 0.717) is 5.82 Å². The summed E-state index contributed by atoms with van der Waals surface area (Å²) in [6.45, 7) is 0.913. The first kappa shape index (κ1) is 12.2. The summed E-state index contributed by atoms with van der Waals surface area (Å²) in [6, 6.07) is 3.89. The van der Waals surface area contributed by atoms with Gasteiger partial charge in [0.1, 0.15) is 10.8 Å². The van der Waals surface area contributed by atoms with Crippen LogP contribution in [0.3, 0.4) is 0 Å².